The summed E-state index contributed by atoms with van der Waals surface area (Å²) in [4.78, 5) is 21.2. The lowest BCUT2D eigenvalue weighted by atomic mass is 10.1. The molecule has 0 bridgehead atoms. The first-order chi connectivity index (χ1) is 13.9. The van der Waals surface area contributed by atoms with E-state index < -0.39 is 17.6 Å². The number of hydrogen-bond donors (Lipinski definition) is 1. The molecule has 0 aliphatic rings. The van der Waals surface area contributed by atoms with Crippen LogP contribution in [0.2, 0.25) is 0 Å². The fourth-order valence-electron chi connectivity index (χ4n) is 3.00. The number of nitrogens with one attached hydrogen (secondary N) is 1. The molecular weight excluding hydrogens is 381 g/mol. The lowest BCUT2D eigenvalue weighted by Crippen LogP contribution is -2.23. The van der Waals surface area contributed by atoms with Crippen molar-refractivity contribution in [2.45, 2.75) is 12.7 Å². The molecule has 5 nitrogen and oxygen atoms in total. The van der Waals surface area contributed by atoms with Crippen molar-refractivity contribution in [1.29, 1.82) is 0 Å². The van der Waals surface area contributed by atoms with E-state index in [1.807, 2.05) is 30.3 Å². The normalized spacial score (nSPS) is 11.6. The van der Waals surface area contributed by atoms with E-state index in [0.717, 1.165) is 17.7 Å². The molecule has 0 saturated heterocycles. The van der Waals surface area contributed by atoms with Gasteiger partial charge in [0.1, 0.15) is 0 Å². The van der Waals surface area contributed by atoms with E-state index in [-0.39, 0.29) is 11.5 Å². The largest absolute Gasteiger partial charge is 0.416 e. The Kier molecular flexibility index (Phi) is 4.75. The Hall–Kier alpha value is -3.68. The van der Waals surface area contributed by atoms with Gasteiger partial charge in [0.05, 0.1) is 11.3 Å². The zero-order chi connectivity index (χ0) is 20.4. The highest BCUT2D eigenvalue weighted by Crippen LogP contribution is 2.32. The van der Waals surface area contributed by atoms with E-state index in [1.54, 1.807) is 16.7 Å². The number of hydrogen-bond acceptors (Lipinski definition) is 3. The van der Waals surface area contributed by atoms with Gasteiger partial charge in [-0.3, -0.25) is 9.20 Å². The quantitative estimate of drug-likeness (QED) is 0.558. The molecule has 8 heteroatoms. The van der Waals surface area contributed by atoms with Crippen LogP contribution in [0.4, 0.5) is 13.2 Å². The van der Waals surface area contributed by atoms with Gasteiger partial charge in [-0.1, -0.05) is 42.5 Å². The summed E-state index contributed by atoms with van der Waals surface area (Å²) < 4.78 is 40.3. The number of alkyl halides is 3. The lowest BCUT2D eigenvalue weighted by molar-refractivity contribution is -0.137. The standard InChI is InChI=1S/C21H15F3N4O/c22-21(23,24)16-9-7-15(8-10-16)18-17(27-20-25-11-4-12-28(18)20)19(29)26-13-14-5-2-1-3-6-14/h1-12H,13H2,(H,26,29). The van der Waals surface area contributed by atoms with E-state index in [2.05, 4.69) is 15.3 Å². The van der Waals surface area contributed by atoms with Gasteiger partial charge in [-0.15, -0.1) is 0 Å². The molecule has 0 spiro atoms. The summed E-state index contributed by atoms with van der Waals surface area (Å²) in [5.74, 6) is -0.151. The third kappa shape index (κ3) is 3.82. The number of carbonyl (C=O) groups is 1. The van der Waals surface area contributed by atoms with Gasteiger partial charge in [-0.05, 0) is 23.8 Å². The van der Waals surface area contributed by atoms with Crippen LogP contribution in [0.3, 0.4) is 0 Å². The molecule has 2 aromatic carbocycles. The van der Waals surface area contributed by atoms with E-state index in [0.29, 0.717) is 17.8 Å². The van der Waals surface area contributed by atoms with Gasteiger partial charge >= 0.3 is 6.18 Å². The van der Waals surface area contributed by atoms with Gasteiger partial charge in [0, 0.05) is 24.5 Å². The topological polar surface area (TPSA) is 59.3 Å². The van der Waals surface area contributed by atoms with Crippen molar-refractivity contribution >= 4 is 11.7 Å². The highest BCUT2D eigenvalue weighted by atomic mass is 19.4. The molecule has 4 rings (SSSR count). The monoisotopic (exact) mass is 396 g/mol. The summed E-state index contributed by atoms with van der Waals surface area (Å²) in [6, 6.07) is 15.6. The maximum atomic E-state index is 12.9. The molecule has 0 atom stereocenters. The fraction of sp³-hybridized carbons (Fsp3) is 0.0952. The molecule has 29 heavy (non-hydrogen) atoms. The van der Waals surface area contributed by atoms with Gasteiger partial charge in [0.25, 0.3) is 5.91 Å². The van der Waals surface area contributed by atoms with Crippen LogP contribution in [0, 0.1) is 0 Å². The highest BCUT2D eigenvalue weighted by Gasteiger charge is 2.30. The summed E-state index contributed by atoms with van der Waals surface area (Å²) in [7, 11) is 0. The molecule has 1 amide bonds. The molecule has 2 heterocycles. The van der Waals surface area contributed by atoms with Gasteiger partial charge < -0.3 is 5.32 Å². The zero-order valence-electron chi connectivity index (χ0n) is 15.0. The van der Waals surface area contributed by atoms with Gasteiger partial charge in [-0.25, -0.2) is 9.97 Å². The van der Waals surface area contributed by atoms with Gasteiger partial charge in [0.15, 0.2) is 5.69 Å². The van der Waals surface area contributed by atoms with Gasteiger partial charge in [-0.2, -0.15) is 13.2 Å². The number of imidazole rings is 1. The Morgan fingerprint density at radius 1 is 1.00 bits per heavy atom. The molecule has 146 valence electrons. The summed E-state index contributed by atoms with van der Waals surface area (Å²) in [6.45, 7) is 0.299. The minimum atomic E-state index is -4.44. The molecule has 4 aromatic rings. The summed E-state index contributed by atoms with van der Waals surface area (Å²) in [6.07, 6.45) is -1.24. The molecule has 0 radical (unpaired) electrons. The smallest absolute Gasteiger partial charge is 0.347 e. The third-order valence-corrected chi connectivity index (χ3v) is 4.40. The number of amides is 1. The van der Waals surface area contributed by atoms with Crippen molar-refractivity contribution in [1.82, 2.24) is 19.7 Å². The molecule has 1 N–H and O–H groups in total. The average Bonchev–Trinajstić information content (AvgIpc) is 3.12. The summed E-state index contributed by atoms with van der Waals surface area (Å²) >= 11 is 0. The Morgan fingerprint density at radius 2 is 1.72 bits per heavy atom. The average molecular weight is 396 g/mol. The van der Waals surface area contributed by atoms with Crippen molar-refractivity contribution in [3.63, 3.8) is 0 Å². The van der Waals surface area contributed by atoms with Crippen LogP contribution in [0.15, 0.2) is 73.1 Å². The van der Waals surface area contributed by atoms with Crippen LogP contribution in [-0.4, -0.2) is 20.3 Å². The number of benzene rings is 2. The molecule has 0 aliphatic heterocycles. The minimum Gasteiger partial charge on any atom is -0.347 e. The number of halogens is 3. The molecule has 0 aliphatic carbocycles. The Labute approximate surface area is 163 Å². The van der Waals surface area contributed by atoms with E-state index >= 15 is 0 Å². The molecule has 0 unspecified atom stereocenters. The number of aromatic nitrogens is 3. The van der Waals surface area contributed by atoms with Crippen LogP contribution in [0.5, 0.6) is 0 Å². The SMILES string of the molecule is O=C(NCc1ccccc1)c1nc2ncccn2c1-c1ccc(C(F)(F)F)cc1. The third-order valence-electron chi connectivity index (χ3n) is 4.40. The first-order valence-electron chi connectivity index (χ1n) is 8.76. The second kappa shape index (κ2) is 7.38. The number of fused-ring (bicyclic) bond motifs is 1. The Bertz CT molecular complexity index is 1150. The fourth-order valence-corrected chi connectivity index (χ4v) is 3.00. The zero-order valence-corrected chi connectivity index (χ0v) is 15.0. The number of rotatable bonds is 4. The Morgan fingerprint density at radius 3 is 2.41 bits per heavy atom. The highest BCUT2D eigenvalue weighted by molar-refractivity contribution is 5.99. The van der Waals surface area contributed by atoms with E-state index in [1.165, 1.54) is 18.3 Å². The van der Waals surface area contributed by atoms with Gasteiger partial charge in [0.2, 0.25) is 5.78 Å². The van der Waals surface area contributed by atoms with Crippen LogP contribution in [0.1, 0.15) is 21.6 Å². The van der Waals surface area contributed by atoms with Crippen molar-refractivity contribution in [3.8, 4) is 11.3 Å². The van der Waals surface area contributed by atoms with Crippen LogP contribution >= 0.6 is 0 Å². The number of nitrogens with zero attached hydrogens (tertiary/aromatic N) is 3. The van der Waals surface area contributed by atoms with Crippen LogP contribution in [-0.2, 0) is 12.7 Å². The second-order valence-corrected chi connectivity index (χ2v) is 6.34. The number of carbonyl (C=O) groups excluding carboxylic acids is 1. The summed E-state index contributed by atoms with van der Waals surface area (Å²) in [5.41, 5.74) is 1.07. The van der Waals surface area contributed by atoms with Crippen molar-refractivity contribution < 1.29 is 18.0 Å². The lowest BCUT2D eigenvalue weighted by Gasteiger charge is -2.09. The summed E-state index contributed by atoms with van der Waals surface area (Å²) in [5, 5.41) is 2.80. The van der Waals surface area contributed by atoms with Crippen LogP contribution < -0.4 is 5.32 Å². The maximum Gasteiger partial charge on any atom is 0.416 e. The van der Waals surface area contributed by atoms with Crippen molar-refractivity contribution in [3.05, 3.63) is 89.9 Å². The first kappa shape index (κ1) is 18.7. The molecular formula is C21H15F3N4O. The van der Waals surface area contributed by atoms with Crippen LogP contribution in [0.25, 0.3) is 17.0 Å². The van der Waals surface area contributed by atoms with Crippen molar-refractivity contribution in [2.75, 3.05) is 0 Å². The first-order valence-corrected chi connectivity index (χ1v) is 8.76. The molecule has 0 saturated carbocycles. The van der Waals surface area contributed by atoms with Crippen molar-refractivity contribution in [2.24, 2.45) is 0 Å². The second-order valence-electron chi connectivity index (χ2n) is 6.34. The maximum absolute atomic E-state index is 12.9. The molecule has 0 fully saturated rings. The van der Waals surface area contributed by atoms with E-state index in [9.17, 15) is 18.0 Å². The predicted molar refractivity (Wildman–Crippen MR) is 101 cm³/mol. The predicted octanol–water partition coefficient (Wildman–Crippen LogP) is 4.35. The minimum absolute atomic E-state index is 0.0967. The van der Waals surface area contributed by atoms with E-state index in [4.69, 9.17) is 0 Å². The Balaban J connectivity index is 1.72. The molecule has 2 aromatic heterocycles.